The van der Waals surface area contributed by atoms with Crippen molar-refractivity contribution < 1.29 is 67.6 Å². The van der Waals surface area contributed by atoms with Gasteiger partial charge in [-0.2, -0.15) is 0 Å². The lowest BCUT2D eigenvalue weighted by Crippen LogP contribution is -2.51. The number of carbonyl (C=O) groups excluding carboxylic acids is 6. The lowest BCUT2D eigenvalue weighted by molar-refractivity contribution is -0.228. The number of amides is 4. The van der Waals surface area contributed by atoms with Crippen molar-refractivity contribution in [2.75, 3.05) is 39.2 Å². The van der Waals surface area contributed by atoms with Crippen molar-refractivity contribution in [1.29, 1.82) is 0 Å². The van der Waals surface area contributed by atoms with E-state index in [1.807, 2.05) is 0 Å². The van der Waals surface area contributed by atoms with Gasteiger partial charge in [0.2, 0.25) is 18.1 Å². The van der Waals surface area contributed by atoms with Gasteiger partial charge in [-0.1, -0.05) is 12.1 Å². The first-order chi connectivity index (χ1) is 24.2. The number of hydrogen-bond acceptors (Lipinski definition) is 15. The third-order valence-corrected chi connectivity index (χ3v) is 8.46. The Kier molecular flexibility index (Phi) is 16.8. The zero-order valence-corrected chi connectivity index (χ0v) is 28.3. The van der Waals surface area contributed by atoms with E-state index in [1.54, 1.807) is 18.2 Å². The van der Waals surface area contributed by atoms with E-state index in [-0.39, 0.29) is 51.4 Å². The molecule has 6 atom stereocenters. The first-order valence-corrected chi connectivity index (χ1v) is 16.8. The van der Waals surface area contributed by atoms with Crippen LogP contribution in [0, 0.1) is 0 Å². The van der Waals surface area contributed by atoms with E-state index in [0.29, 0.717) is 55.5 Å². The van der Waals surface area contributed by atoms with Crippen molar-refractivity contribution in [2.45, 2.75) is 75.4 Å². The van der Waals surface area contributed by atoms with Gasteiger partial charge in [0.25, 0.3) is 18.3 Å². The van der Waals surface area contributed by atoms with Crippen molar-refractivity contribution in [3.8, 4) is 5.75 Å². The Hall–Kier alpha value is -3.91. The highest BCUT2D eigenvalue weighted by Crippen LogP contribution is 2.29. The van der Waals surface area contributed by atoms with Crippen LogP contribution in [0.25, 0.3) is 0 Å². The summed E-state index contributed by atoms with van der Waals surface area (Å²) in [5.41, 5.74) is 1.29. The highest BCUT2D eigenvalue weighted by molar-refractivity contribution is 7.93. The molecule has 0 radical (unpaired) electrons. The number of rotatable bonds is 19. The van der Waals surface area contributed by atoms with E-state index in [0.717, 1.165) is 29.7 Å². The Balaban J connectivity index is 0.00000332. The van der Waals surface area contributed by atoms with Gasteiger partial charge in [0, 0.05) is 50.0 Å². The van der Waals surface area contributed by atoms with Crippen LogP contribution in [0.4, 0.5) is 0 Å². The average molecular weight is 726 g/mol. The van der Waals surface area contributed by atoms with Crippen LogP contribution in [0.15, 0.2) is 30.4 Å². The van der Waals surface area contributed by atoms with E-state index >= 15 is 0 Å². The highest BCUT2D eigenvalue weighted by atomic mass is 32.2. The molecule has 5 N–H and O–H groups in total. The van der Waals surface area contributed by atoms with Gasteiger partial charge in [-0.25, -0.2) is 0 Å². The Morgan fingerprint density at radius 2 is 1.84 bits per heavy atom. The molecular formula is C32H43N3O14S. The lowest BCUT2D eigenvalue weighted by atomic mass is 10.0. The van der Waals surface area contributed by atoms with Gasteiger partial charge in [-0.3, -0.25) is 28.9 Å². The van der Waals surface area contributed by atoms with Crippen LogP contribution in [0.5, 0.6) is 5.75 Å². The number of aliphatic hydroxyl groups is 3. The van der Waals surface area contributed by atoms with E-state index in [1.165, 1.54) is 4.90 Å². The molecule has 0 aliphatic carbocycles. The van der Waals surface area contributed by atoms with Gasteiger partial charge in [0.1, 0.15) is 36.9 Å². The van der Waals surface area contributed by atoms with Crippen molar-refractivity contribution in [3.63, 3.8) is 0 Å². The third-order valence-electron chi connectivity index (χ3n) is 8.11. The molecule has 0 spiro atoms. The fourth-order valence-corrected chi connectivity index (χ4v) is 5.84. The number of aryl methyl sites for hydroxylation is 1. The summed E-state index contributed by atoms with van der Waals surface area (Å²) < 4.78 is 30.6. The maximum Gasteiger partial charge on any atom is 0.293 e. The minimum atomic E-state index is -1.41. The van der Waals surface area contributed by atoms with Crippen LogP contribution in [-0.2, 0) is 56.0 Å². The largest absolute Gasteiger partial charge is 0.463 e. The number of nitrogens with one attached hydrogen (secondary N) is 1. The monoisotopic (exact) mass is 725 g/mol. The standard InChI is InChI=1S/C31H39N3O13S.CH4O/c35-15-22-13-24(37)29(41)31(46-22)47-25-11-19(4-5-20(25)16-45-18-36)3-1-2-8-32-26(38)14-33-21(17-44-9-10-48-43)12-23(30(33)42)34-27(39)6-7-28(34)40;1-2/h4-7,11,15,18,21-24,29,31,37,41,43H,1-3,8-10,12-14,16-17H2,(H,32,38);2H,1H3/t21-,22?,23-,24?,29+,31?;/m0./s1. The molecule has 276 valence electrons. The molecule has 2 saturated heterocycles. The molecule has 18 heteroatoms. The molecule has 50 heavy (non-hydrogen) atoms. The van der Waals surface area contributed by atoms with Crippen LogP contribution in [0.2, 0.25) is 0 Å². The summed E-state index contributed by atoms with van der Waals surface area (Å²) >= 11 is 0.610. The first kappa shape index (κ1) is 40.5. The quantitative estimate of drug-likeness (QED) is 0.0495. The fraction of sp³-hybridized carbons (Fsp3) is 0.562. The number of benzene rings is 1. The second-order valence-corrected chi connectivity index (χ2v) is 12.1. The number of aliphatic hydroxyl groups excluding tert-OH is 3. The number of hydrogen-bond donors (Lipinski definition) is 5. The SMILES string of the molecule is CO.O=COCc1ccc(CCCCNC(=O)CN2C(=O)[C@@H](N3C(=O)C=CC3=O)C[C@H]2COCCSO)cc1OC1OC(C=O)CC(O)[C@H]1O. The van der Waals surface area contributed by atoms with Crippen LogP contribution in [0.3, 0.4) is 0 Å². The molecule has 4 amide bonds. The molecule has 1 aromatic rings. The minimum Gasteiger partial charge on any atom is -0.463 e. The maximum atomic E-state index is 13.2. The molecule has 0 aromatic heterocycles. The molecule has 1 aromatic carbocycles. The molecule has 2 fully saturated rings. The van der Waals surface area contributed by atoms with Gasteiger partial charge in [0.05, 0.1) is 31.9 Å². The molecule has 3 unspecified atom stereocenters. The second kappa shape index (κ2) is 20.7. The highest BCUT2D eigenvalue weighted by Gasteiger charge is 2.47. The van der Waals surface area contributed by atoms with E-state index in [4.69, 9.17) is 28.6 Å². The van der Waals surface area contributed by atoms with Gasteiger partial charge in [-0.05, 0) is 42.9 Å². The second-order valence-electron chi connectivity index (χ2n) is 11.4. The van der Waals surface area contributed by atoms with Gasteiger partial charge < -0.3 is 53.8 Å². The van der Waals surface area contributed by atoms with E-state index in [9.17, 15) is 39.0 Å². The molecule has 17 nitrogen and oxygen atoms in total. The van der Waals surface area contributed by atoms with E-state index < -0.39 is 60.3 Å². The summed E-state index contributed by atoms with van der Waals surface area (Å²) in [5, 5.41) is 30.2. The zero-order chi connectivity index (χ0) is 36.6. The zero-order valence-electron chi connectivity index (χ0n) is 27.5. The van der Waals surface area contributed by atoms with Crippen molar-refractivity contribution in [3.05, 3.63) is 41.5 Å². The van der Waals surface area contributed by atoms with Crippen LogP contribution in [0.1, 0.15) is 36.8 Å². The smallest absolute Gasteiger partial charge is 0.293 e. The predicted molar refractivity (Wildman–Crippen MR) is 174 cm³/mol. The summed E-state index contributed by atoms with van der Waals surface area (Å²) in [5.74, 6) is -1.57. The van der Waals surface area contributed by atoms with Gasteiger partial charge >= 0.3 is 0 Å². The van der Waals surface area contributed by atoms with Crippen LogP contribution in [-0.4, -0.2) is 142 Å². The number of unbranched alkanes of at least 4 members (excludes halogenated alkanes) is 1. The maximum absolute atomic E-state index is 13.2. The molecule has 3 aliphatic rings. The number of imide groups is 1. The van der Waals surface area contributed by atoms with Crippen molar-refractivity contribution >= 4 is 48.4 Å². The first-order valence-electron chi connectivity index (χ1n) is 15.9. The molecule has 0 saturated carbocycles. The third kappa shape index (κ3) is 11.0. The summed E-state index contributed by atoms with van der Waals surface area (Å²) in [6, 6.07) is 3.57. The summed E-state index contributed by atoms with van der Waals surface area (Å²) in [4.78, 5) is 74.7. The molecule has 3 heterocycles. The molecule has 0 bridgehead atoms. The van der Waals surface area contributed by atoms with Crippen molar-refractivity contribution in [2.24, 2.45) is 0 Å². The lowest BCUT2D eigenvalue weighted by Gasteiger charge is -2.35. The summed E-state index contributed by atoms with van der Waals surface area (Å²) in [7, 11) is 1.00. The number of carbonyl (C=O) groups is 6. The molecule has 3 aliphatic heterocycles. The predicted octanol–water partition coefficient (Wildman–Crippen LogP) is -1.06. The summed E-state index contributed by atoms with van der Waals surface area (Å²) in [6.07, 6.45) is -0.420. The van der Waals surface area contributed by atoms with Crippen LogP contribution < -0.4 is 10.1 Å². The Morgan fingerprint density at radius 3 is 2.52 bits per heavy atom. The number of likely N-dealkylation sites (tertiary alicyclic amines) is 1. The average Bonchev–Trinajstić information content (AvgIpc) is 3.60. The number of ether oxygens (including phenoxy) is 4. The normalized spacial score (nSPS) is 24.5. The van der Waals surface area contributed by atoms with Gasteiger partial charge in [0.15, 0.2) is 0 Å². The van der Waals surface area contributed by atoms with Crippen LogP contribution >= 0.6 is 12.0 Å². The van der Waals surface area contributed by atoms with Gasteiger partial charge in [-0.15, -0.1) is 0 Å². The summed E-state index contributed by atoms with van der Waals surface area (Å²) in [6.45, 7) is 0.444. The molecular weight excluding hydrogens is 682 g/mol. The fourth-order valence-electron chi connectivity index (χ4n) is 5.65. The Morgan fingerprint density at radius 1 is 1.10 bits per heavy atom. The minimum absolute atomic E-state index is 0.0651. The number of aldehydes is 1. The van der Waals surface area contributed by atoms with E-state index in [2.05, 4.69) is 5.32 Å². The molecule has 4 rings (SSSR count). The number of nitrogens with zero attached hydrogens (tertiary/aromatic N) is 2. The Bertz CT molecular complexity index is 1350. The Labute approximate surface area is 292 Å². The van der Waals surface area contributed by atoms with Crippen molar-refractivity contribution in [1.82, 2.24) is 15.1 Å². The topological polar surface area (TPSA) is 239 Å².